The van der Waals surface area contributed by atoms with Gasteiger partial charge in [-0.1, -0.05) is 29.8 Å². The van der Waals surface area contributed by atoms with E-state index in [4.69, 9.17) is 25.8 Å². The number of nitrogens with one attached hydrogen (secondary N) is 1. The molecular formula is C27H28ClNO5. The minimum Gasteiger partial charge on any atom is -0.493 e. The summed E-state index contributed by atoms with van der Waals surface area (Å²) in [5.41, 5.74) is 4.35. The van der Waals surface area contributed by atoms with Crippen LogP contribution in [0.4, 0.5) is 0 Å². The van der Waals surface area contributed by atoms with Gasteiger partial charge >= 0.3 is 5.97 Å². The van der Waals surface area contributed by atoms with Crippen molar-refractivity contribution < 1.29 is 23.8 Å². The Hall–Kier alpha value is -3.25. The third-order valence-electron chi connectivity index (χ3n) is 6.38. The molecule has 0 saturated carbocycles. The molecule has 0 aromatic heterocycles. The summed E-state index contributed by atoms with van der Waals surface area (Å²) in [7, 11) is 3.19. The smallest absolute Gasteiger partial charge is 0.336 e. The van der Waals surface area contributed by atoms with Gasteiger partial charge in [-0.25, -0.2) is 4.79 Å². The van der Waals surface area contributed by atoms with Gasteiger partial charge in [-0.2, -0.15) is 0 Å². The normalized spacial score (nSPS) is 20.0. The first kappa shape index (κ1) is 23.9. The molecule has 2 aromatic carbocycles. The number of benzene rings is 2. The molecule has 2 unspecified atom stereocenters. The molecule has 1 aliphatic heterocycles. The van der Waals surface area contributed by atoms with Crippen LogP contribution in [0.15, 0.2) is 65.0 Å². The first-order valence-corrected chi connectivity index (χ1v) is 11.6. The van der Waals surface area contributed by atoms with Crippen molar-refractivity contribution in [1.29, 1.82) is 0 Å². The lowest BCUT2D eigenvalue weighted by atomic mass is 9.71. The maximum absolute atomic E-state index is 13.6. The lowest BCUT2D eigenvalue weighted by Crippen LogP contribution is -2.36. The fourth-order valence-electron chi connectivity index (χ4n) is 4.88. The van der Waals surface area contributed by atoms with E-state index >= 15 is 0 Å². The van der Waals surface area contributed by atoms with Gasteiger partial charge in [0.15, 0.2) is 17.3 Å². The van der Waals surface area contributed by atoms with Gasteiger partial charge in [0.1, 0.15) is 0 Å². The van der Waals surface area contributed by atoms with E-state index in [1.165, 1.54) is 0 Å². The van der Waals surface area contributed by atoms with Gasteiger partial charge in [-0.3, -0.25) is 4.79 Å². The molecule has 4 rings (SSSR count). The average Bonchev–Trinajstić information content (AvgIpc) is 2.82. The quantitative estimate of drug-likeness (QED) is 0.566. The van der Waals surface area contributed by atoms with Gasteiger partial charge in [0, 0.05) is 34.3 Å². The summed E-state index contributed by atoms with van der Waals surface area (Å²) in [6.45, 7) is 3.86. The molecule has 2 atom stereocenters. The topological polar surface area (TPSA) is 73.9 Å². The highest BCUT2D eigenvalue weighted by molar-refractivity contribution is 6.30. The Morgan fingerprint density at radius 3 is 2.50 bits per heavy atom. The van der Waals surface area contributed by atoms with E-state index in [-0.39, 0.29) is 18.3 Å². The number of methoxy groups -OCH3 is 2. The maximum Gasteiger partial charge on any atom is 0.336 e. The molecule has 0 saturated heterocycles. The van der Waals surface area contributed by atoms with E-state index in [1.807, 2.05) is 43.3 Å². The molecule has 7 heteroatoms. The van der Waals surface area contributed by atoms with Crippen LogP contribution in [-0.4, -0.2) is 32.6 Å². The molecule has 2 aliphatic rings. The van der Waals surface area contributed by atoms with Crippen molar-refractivity contribution in [3.05, 3.63) is 81.2 Å². The third kappa shape index (κ3) is 4.42. The molecule has 0 amide bonds. The van der Waals surface area contributed by atoms with Crippen molar-refractivity contribution in [2.75, 3.05) is 20.8 Å². The lowest BCUT2D eigenvalue weighted by molar-refractivity contribution is -0.138. The van der Waals surface area contributed by atoms with Gasteiger partial charge < -0.3 is 19.5 Å². The molecule has 0 bridgehead atoms. The zero-order valence-corrected chi connectivity index (χ0v) is 20.5. The molecule has 1 aliphatic carbocycles. The Morgan fingerprint density at radius 2 is 1.82 bits per heavy atom. The van der Waals surface area contributed by atoms with Crippen molar-refractivity contribution >= 4 is 23.4 Å². The molecule has 2 aromatic rings. The number of hydrogen-bond donors (Lipinski definition) is 1. The Kier molecular flexibility index (Phi) is 6.98. The van der Waals surface area contributed by atoms with Crippen molar-refractivity contribution in [3.8, 4) is 11.5 Å². The number of hydrogen-bond acceptors (Lipinski definition) is 6. The highest BCUT2D eigenvalue weighted by Crippen LogP contribution is 2.46. The number of ketones is 1. The summed E-state index contributed by atoms with van der Waals surface area (Å²) in [6, 6.07) is 13.1. The molecule has 0 radical (unpaired) electrons. The maximum atomic E-state index is 13.6. The van der Waals surface area contributed by atoms with E-state index in [2.05, 4.69) is 5.32 Å². The fourth-order valence-corrected chi connectivity index (χ4v) is 5.08. The highest BCUT2D eigenvalue weighted by Gasteiger charge is 2.41. The Bertz CT molecular complexity index is 1200. The Morgan fingerprint density at radius 1 is 1.06 bits per heavy atom. The van der Waals surface area contributed by atoms with Crippen LogP contribution >= 0.6 is 11.6 Å². The minimum atomic E-state index is -0.534. The van der Waals surface area contributed by atoms with E-state index in [1.54, 1.807) is 27.2 Å². The number of rotatable bonds is 6. The Labute approximate surface area is 204 Å². The molecular weight excluding hydrogens is 454 g/mol. The number of Topliss-reactive ketones (excluding diaryl/α,β-unsaturated/α-hetero) is 1. The largest absolute Gasteiger partial charge is 0.493 e. The van der Waals surface area contributed by atoms with Crippen molar-refractivity contribution in [2.24, 2.45) is 0 Å². The van der Waals surface area contributed by atoms with Gasteiger partial charge in [0.05, 0.1) is 26.4 Å². The van der Waals surface area contributed by atoms with Crippen molar-refractivity contribution in [3.63, 3.8) is 0 Å². The van der Waals surface area contributed by atoms with E-state index in [9.17, 15) is 9.59 Å². The predicted molar refractivity (Wildman–Crippen MR) is 130 cm³/mol. The number of carbonyl (C=O) groups excluding carboxylic acids is 2. The van der Waals surface area contributed by atoms with Crippen molar-refractivity contribution in [2.45, 2.75) is 38.5 Å². The first-order chi connectivity index (χ1) is 16.4. The average molecular weight is 482 g/mol. The number of allylic oxidation sites excluding steroid dienone is 3. The second kappa shape index (κ2) is 9.94. The molecule has 178 valence electrons. The van der Waals surface area contributed by atoms with Crippen molar-refractivity contribution in [1.82, 2.24) is 5.32 Å². The summed E-state index contributed by atoms with van der Waals surface area (Å²) in [6.07, 6.45) is 0.948. The van der Waals surface area contributed by atoms with E-state index in [0.29, 0.717) is 46.2 Å². The van der Waals surface area contributed by atoms with Crippen LogP contribution in [0.2, 0.25) is 5.02 Å². The van der Waals surface area contributed by atoms with Crippen LogP contribution in [0.1, 0.15) is 49.7 Å². The van der Waals surface area contributed by atoms with E-state index < -0.39 is 11.9 Å². The zero-order chi connectivity index (χ0) is 24.4. The fraction of sp³-hybridized carbons (Fsp3) is 0.333. The second-order valence-corrected chi connectivity index (χ2v) is 8.84. The number of carbonyl (C=O) groups is 2. The molecule has 1 N–H and O–H groups in total. The lowest BCUT2D eigenvalue weighted by Gasteiger charge is -2.36. The molecule has 6 nitrogen and oxygen atoms in total. The standard InChI is InChI=1S/C27H28ClNO5/c1-5-34-27(31)24-15(2)29-20-12-18(16-9-10-22(32-3)23(14-16)33-4)13-21(30)26(20)25(24)17-7-6-8-19(28)11-17/h6-11,14,18,25,29H,5,12-13H2,1-4H3. The zero-order valence-electron chi connectivity index (χ0n) is 19.7. The monoisotopic (exact) mass is 481 g/mol. The van der Waals surface area contributed by atoms with Gasteiger partial charge in [0.2, 0.25) is 0 Å². The summed E-state index contributed by atoms with van der Waals surface area (Å²) >= 11 is 6.29. The minimum absolute atomic E-state index is 0.00666. The summed E-state index contributed by atoms with van der Waals surface area (Å²) in [5.74, 6) is 0.263. The number of ether oxygens (including phenoxy) is 3. The predicted octanol–water partition coefficient (Wildman–Crippen LogP) is 5.28. The van der Waals surface area contributed by atoms with Crippen LogP contribution in [0.3, 0.4) is 0 Å². The number of esters is 1. The SMILES string of the molecule is CCOC(=O)C1=C(C)NC2=C(C(=O)CC(c3ccc(OC)c(OC)c3)C2)C1c1cccc(Cl)c1. The number of dihydropyridines is 1. The number of halogens is 1. The molecule has 1 heterocycles. The van der Waals surface area contributed by atoms with Crippen LogP contribution in [-0.2, 0) is 14.3 Å². The Balaban J connectivity index is 1.78. The molecule has 0 spiro atoms. The van der Waals surface area contributed by atoms with Gasteiger partial charge in [-0.15, -0.1) is 0 Å². The van der Waals surface area contributed by atoms with Crippen LogP contribution < -0.4 is 14.8 Å². The molecule has 34 heavy (non-hydrogen) atoms. The van der Waals surface area contributed by atoms with Crippen LogP contribution in [0, 0.1) is 0 Å². The highest BCUT2D eigenvalue weighted by atomic mass is 35.5. The van der Waals surface area contributed by atoms with E-state index in [0.717, 1.165) is 16.8 Å². The molecule has 0 fully saturated rings. The first-order valence-electron chi connectivity index (χ1n) is 11.3. The summed E-state index contributed by atoms with van der Waals surface area (Å²) in [5, 5.41) is 3.90. The van der Waals surface area contributed by atoms with Gasteiger partial charge in [-0.05, 0) is 61.6 Å². The summed E-state index contributed by atoms with van der Waals surface area (Å²) in [4.78, 5) is 26.6. The van der Waals surface area contributed by atoms with Gasteiger partial charge in [0.25, 0.3) is 0 Å². The van der Waals surface area contributed by atoms with Crippen LogP contribution in [0.5, 0.6) is 11.5 Å². The van der Waals surface area contributed by atoms with Crippen LogP contribution in [0.25, 0.3) is 0 Å². The second-order valence-electron chi connectivity index (χ2n) is 8.41. The summed E-state index contributed by atoms with van der Waals surface area (Å²) < 4.78 is 16.2. The third-order valence-corrected chi connectivity index (χ3v) is 6.62.